The summed E-state index contributed by atoms with van der Waals surface area (Å²) in [7, 11) is -4.19. The van der Waals surface area contributed by atoms with Crippen LogP contribution in [0.2, 0.25) is 0 Å². The Kier molecular flexibility index (Phi) is 3.27. The summed E-state index contributed by atoms with van der Waals surface area (Å²) >= 11 is 0. The van der Waals surface area contributed by atoms with Gasteiger partial charge in [0.1, 0.15) is 0 Å². The lowest BCUT2D eigenvalue weighted by atomic mass is 11.0. The van der Waals surface area contributed by atoms with E-state index < -0.39 is 22.2 Å². The molecule has 0 atom stereocenters. The average molecular weight is 194 g/mol. The first kappa shape index (κ1) is 10.7. The molecule has 0 radical (unpaired) electrons. The van der Waals surface area contributed by atoms with Crippen LogP contribution in [0.15, 0.2) is 0 Å². The molecule has 0 aliphatic rings. The molecule has 0 aliphatic carbocycles. The molecule has 68 valence electrons. The van der Waals surface area contributed by atoms with Gasteiger partial charge in [-0.05, 0) is 6.92 Å². The van der Waals surface area contributed by atoms with Gasteiger partial charge >= 0.3 is 6.36 Å². The second-order valence-corrected chi connectivity index (χ2v) is 3.27. The predicted octanol–water partition coefficient (Wildman–Crippen LogP) is 0.804. The first-order chi connectivity index (χ1) is 4.77. The summed E-state index contributed by atoms with van der Waals surface area (Å²) < 4.78 is 56.8. The average Bonchev–Trinajstić information content (AvgIpc) is 1.83. The van der Waals surface area contributed by atoms with Crippen LogP contribution in [-0.2, 0) is 19.3 Å². The van der Waals surface area contributed by atoms with Gasteiger partial charge in [-0.2, -0.15) is 8.42 Å². The SMILES string of the molecule is CCS(=O)(=O)OOC(F)(F)F. The fraction of sp³-hybridized carbons (Fsp3) is 1.00. The van der Waals surface area contributed by atoms with Crippen molar-refractivity contribution < 1.29 is 30.8 Å². The zero-order valence-electron chi connectivity index (χ0n) is 5.38. The van der Waals surface area contributed by atoms with Crippen molar-refractivity contribution in [2.24, 2.45) is 0 Å². The van der Waals surface area contributed by atoms with Crippen molar-refractivity contribution in [2.75, 3.05) is 5.75 Å². The van der Waals surface area contributed by atoms with E-state index in [9.17, 15) is 21.6 Å². The van der Waals surface area contributed by atoms with Gasteiger partial charge in [0.25, 0.3) is 10.1 Å². The van der Waals surface area contributed by atoms with Crippen LogP contribution in [0.5, 0.6) is 0 Å². The molecular formula is C3H5F3O4S. The molecule has 4 nitrogen and oxygen atoms in total. The number of rotatable bonds is 3. The highest BCUT2D eigenvalue weighted by Gasteiger charge is 2.33. The number of hydrogen-bond acceptors (Lipinski definition) is 4. The smallest absolute Gasteiger partial charge is 0.197 e. The third kappa shape index (κ3) is 6.07. The van der Waals surface area contributed by atoms with Crippen LogP contribution in [0.25, 0.3) is 0 Å². The van der Waals surface area contributed by atoms with Crippen molar-refractivity contribution in [1.82, 2.24) is 0 Å². The molecule has 0 saturated carbocycles. The zero-order chi connectivity index (χ0) is 9.12. The first-order valence-electron chi connectivity index (χ1n) is 2.43. The van der Waals surface area contributed by atoms with Crippen LogP contribution < -0.4 is 0 Å². The summed E-state index contributed by atoms with van der Waals surface area (Å²) in [5.74, 6) is -0.580. The van der Waals surface area contributed by atoms with E-state index in [1.54, 1.807) is 0 Å². The van der Waals surface area contributed by atoms with Gasteiger partial charge in [0.15, 0.2) is 0 Å². The van der Waals surface area contributed by atoms with E-state index in [1.165, 1.54) is 0 Å². The Bertz CT molecular complexity index is 205. The van der Waals surface area contributed by atoms with Gasteiger partial charge in [-0.3, -0.25) is 0 Å². The van der Waals surface area contributed by atoms with Gasteiger partial charge in [0.05, 0.1) is 5.75 Å². The van der Waals surface area contributed by atoms with Crippen LogP contribution in [0.1, 0.15) is 6.92 Å². The standard InChI is InChI=1S/C3H5F3O4S/c1-2-11(7,8)10-9-3(4,5)6/h2H2,1H3. The van der Waals surface area contributed by atoms with E-state index in [0.717, 1.165) is 6.92 Å². The van der Waals surface area contributed by atoms with Crippen molar-refractivity contribution in [3.63, 3.8) is 0 Å². The Morgan fingerprint density at radius 1 is 1.36 bits per heavy atom. The topological polar surface area (TPSA) is 52.6 Å². The van der Waals surface area contributed by atoms with E-state index in [4.69, 9.17) is 0 Å². The lowest BCUT2D eigenvalue weighted by molar-refractivity contribution is -0.443. The summed E-state index contributed by atoms with van der Waals surface area (Å²) in [5, 5.41) is 0. The highest BCUT2D eigenvalue weighted by molar-refractivity contribution is 7.86. The van der Waals surface area contributed by atoms with Gasteiger partial charge in [0, 0.05) is 0 Å². The van der Waals surface area contributed by atoms with Crippen molar-refractivity contribution in [3.05, 3.63) is 0 Å². The maximum absolute atomic E-state index is 11.1. The molecule has 0 aromatic carbocycles. The molecule has 0 spiro atoms. The lowest BCUT2D eigenvalue weighted by Gasteiger charge is -2.04. The Balaban J connectivity index is 3.91. The van der Waals surface area contributed by atoms with Gasteiger partial charge in [-0.15, -0.1) is 18.1 Å². The van der Waals surface area contributed by atoms with Gasteiger partial charge < -0.3 is 0 Å². The fourth-order valence-corrected chi connectivity index (χ4v) is 0.416. The maximum Gasteiger partial charge on any atom is 0.550 e. The zero-order valence-corrected chi connectivity index (χ0v) is 6.20. The molecule has 0 fully saturated rings. The molecule has 0 unspecified atom stereocenters. The monoisotopic (exact) mass is 194 g/mol. The van der Waals surface area contributed by atoms with Crippen LogP contribution in [0.3, 0.4) is 0 Å². The highest BCUT2D eigenvalue weighted by Crippen LogP contribution is 2.17. The first-order valence-corrected chi connectivity index (χ1v) is 4.01. The normalized spacial score (nSPS) is 13.5. The Labute approximate surface area is 61.0 Å². The summed E-state index contributed by atoms with van der Waals surface area (Å²) in [6.45, 7) is 1.12. The maximum atomic E-state index is 11.1. The quantitative estimate of drug-likeness (QED) is 0.492. The van der Waals surface area contributed by atoms with E-state index in [-0.39, 0.29) is 0 Å². The second kappa shape index (κ2) is 3.37. The number of halogens is 3. The third-order valence-corrected chi connectivity index (χ3v) is 1.57. The molecule has 0 aromatic heterocycles. The number of alkyl halides is 3. The molecular weight excluding hydrogens is 189 g/mol. The molecule has 0 heterocycles. The van der Waals surface area contributed by atoms with Gasteiger partial charge in [-0.25, -0.2) is 0 Å². The Morgan fingerprint density at radius 2 is 1.82 bits per heavy atom. The predicted molar refractivity (Wildman–Crippen MR) is 27.7 cm³/mol. The molecule has 0 aliphatic heterocycles. The van der Waals surface area contributed by atoms with E-state index in [2.05, 4.69) is 9.22 Å². The minimum Gasteiger partial charge on any atom is -0.197 e. The van der Waals surface area contributed by atoms with Crippen molar-refractivity contribution in [2.45, 2.75) is 13.3 Å². The molecule has 0 amide bonds. The van der Waals surface area contributed by atoms with Gasteiger partial charge in [-0.1, -0.05) is 4.33 Å². The molecule has 8 heteroatoms. The highest BCUT2D eigenvalue weighted by atomic mass is 32.2. The van der Waals surface area contributed by atoms with Crippen molar-refractivity contribution >= 4 is 10.1 Å². The van der Waals surface area contributed by atoms with E-state index in [0.29, 0.717) is 0 Å². The summed E-state index contributed by atoms with van der Waals surface area (Å²) in [5.41, 5.74) is 0. The number of hydrogen-bond donors (Lipinski definition) is 0. The van der Waals surface area contributed by atoms with Crippen LogP contribution >= 0.6 is 0 Å². The summed E-state index contributed by atoms with van der Waals surface area (Å²) in [4.78, 5) is 2.60. The minimum absolute atomic E-state index is 0.580. The van der Waals surface area contributed by atoms with Gasteiger partial charge in [0.2, 0.25) is 0 Å². The van der Waals surface area contributed by atoms with E-state index >= 15 is 0 Å². The largest absolute Gasteiger partial charge is 0.550 e. The van der Waals surface area contributed by atoms with Crippen LogP contribution in [-0.4, -0.2) is 20.5 Å². The minimum atomic E-state index is -5.10. The molecule has 11 heavy (non-hydrogen) atoms. The molecule has 0 bridgehead atoms. The van der Waals surface area contributed by atoms with E-state index in [1.807, 2.05) is 0 Å². The third-order valence-electron chi connectivity index (χ3n) is 0.586. The molecule has 0 N–H and O–H groups in total. The molecule has 0 saturated heterocycles. The van der Waals surface area contributed by atoms with Crippen molar-refractivity contribution in [1.29, 1.82) is 0 Å². The second-order valence-electron chi connectivity index (χ2n) is 1.44. The Morgan fingerprint density at radius 3 is 2.09 bits per heavy atom. The summed E-state index contributed by atoms with van der Waals surface area (Å²) in [6, 6.07) is 0. The Hall–Kier alpha value is -0.340. The molecule has 0 aromatic rings. The van der Waals surface area contributed by atoms with Crippen LogP contribution in [0.4, 0.5) is 13.2 Å². The summed E-state index contributed by atoms with van der Waals surface area (Å²) in [6.07, 6.45) is -5.10. The van der Waals surface area contributed by atoms with Crippen molar-refractivity contribution in [3.8, 4) is 0 Å². The van der Waals surface area contributed by atoms with Crippen LogP contribution in [0, 0.1) is 0 Å². The lowest BCUT2D eigenvalue weighted by Crippen LogP contribution is -2.18. The fourth-order valence-electron chi connectivity index (χ4n) is 0.139. The molecule has 0 rings (SSSR count).